The van der Waals surface area contributed by atoms with Crippen LogP contribution >= 0.6 is 0 Å². The zero-order valence-electron chi connectivity index (χ0n) is 4.90. The molecule has 0 spiro atoms. The second-order valence-electron chi connectivity index (χ2n) is 1.65. The molecule has 0 aliphatic rings. The first-order valence-corrected chi connectivity index (χ1v) is 2.96. The van der Waals surface area contributed by atoms with E-state index in [4.69, 9.17) is 0 Å². The fraction of sp³-hybridized carbons (Fsp3) is 0. The van der Waals surface area contributed by atoms with Crippen LogP contribution in [0.5, 0.6) is 0 Å². The molecule has 0 saturated heterocycles. The van der Waals surface area contributed by atoms with E-state index >= 15 is 0 Å². The molecule has 0 aliphatic carbocycles. The van der Waals surface area contributed by atoms with Crippen molar-refractivity contribution in [2.75, 3.05) is 0 Å². The second-order valence-corrected chi connectivity index (χ2v) is 2.07. The van der Waals surface area contributed by atoms with Gasteiger partial charge in [-0.25, -0.2) is 0 Å². The van der Waals surface area contributed by atoms with Crippen molar-refractivity contribution >= 4 is 18.6 Å². The molecule has 0 N–H and O–H groups in total. The first-order chi connectivity index (χ1) is 4.70. The molecule has 0 unspecified atom stereocenters. The molecule has 0 saturated carbocycles. The molecule has 10 heavy (non-hydrogen) atoms. The van der Waals surface area contributed by atoms with Gasteiger partial charge in [-0.3, -0.25) is 4.98 Å². The van der Waals surface area contributed by atoms with Crippen molar-refractivity contribution in [2.24, 2.45) is 0 Å². The molecule has 1 heterocycles. The van der Waals surface area contributed by atoms with Gasteiger partial charge in [-0.15, -0.1) is 0 Å². The van der Waals surface area contributed by atoms with Gasteiger partial charge in [-0.2, -0.15) is 0 Å². The van der Waals surface area contributed by atoms with Crippen LogP contribution in [0.25, 0.3) is 0 Å². The minimum atomic E-state index is -1.30. The van der Waals surface area contributed by atoms with E-state index in [1.54, 1.807) is 6.07 Å². The van der Waals surface area contributed by atoms with Crippen LogP contribution in [0.15, 0.2) is 23.2 Å². The molecule has 1 aromatic rings. The molecule has 0 atom stereocenters. The first kappa shape index (κ1) is 6.95. The van der Waals surface area contributed by atoms with Gasteiger partial charge in [0.25, 0.3) is 0 Å². The summed E-state index contributed by atoms with van der Waals surface area (Å²) in [7, 11) is 0. The third-order valence-corrected chi connectivity index (χ3v) is 1.16. The zero-order chi connectivity index (χ0) is 7.56. The summed E-state index contributed by atoms with van der Waals surface area (Å²) >= 11 is 4.62. The van der Waals surface area contributed by atoms with E-state index < -0.39 is 5.97 Å². The number of carboxylic acid groups (broad SMARTS) is 1. The van der Waals surface area contributed by atoms with E-state index in [0.717, 1.165) is 0 Å². The SMILES string of the molecule is O=C([O-])c1cccc([S-])n1. The number of hydrogen-bond acceptors (Lipinski definition) is 4. The van der Waals surface area contributed by atoms with Gasteiger partial charge < -0.3 is 22.5 Å². The van der Waals surface area contributed by atoms with E-state index in [0.29, 0.717) is 0 Å². The highest BCUT2D eigenvalue weighted by Crippen LogP contribution is 1.95. The molecule has 0 radical (unpaired) electrons. The van der Waals surface area contributed by atoms with Crippen molar-refractivity contribution in [1.29, 1.82) is 0 Å². The number of carbonyl (C=O) groups is 1. The number of nitrogens with zero attached hydrogens (tertiary/aromatic N) is 1. The smallest absolute Gasteiger partial charge is 0.0899 e. The molecule has 52 valence electrons. The van der Waals surface area contributed by atoms with Gasteiger partial charge in [0.2, 0.25) is 0 Å². The maximum absolute atomic E-state index is 10.1. The lowest BCUT2D eigenvalue weighted by Crippen LogP contribution is -2.23. The highest BCUT2D eigenvalue weighted by Gasteiger charge is 1.89. The van der Waals surface area contributed by atoms with E-state index in [1.807, 2.05) is 0 Å². The number of rotatable bonds is 1. The fourth-order valence-electron chi connectivity index (χ4n) is 0.529. The molecular formula is C6H3NO2S-2. The Morgan fingerprint density at radius 3 is 2.70 bits per heavy atom. The fourth-order valence-corrected chi connectivity index (χ4v) is 0.705. The maximum Gasteiger partial charge on any atom is 0.0899 e. The Morgan fingerprint density at radius 2 is 2.30 bits per heavy atom. The van der Waals surface area contributed by atoms with Crippen LogP contribution in [-0.2, 0) is 12.6 Å². The highest BCUT2D eigenvalue weighted by molar-refractivity contribution is 7.58. The average Bonchev–Trinajstić information content (AvgIpc) is 1.88. The van der Waals surface area contributed by atoms with Crippen LogP contribution in [-0.4, -0.2) is 11.0 Å². The van der Waals surface area contributed by atoms with Gasteiger partial charge in [0, 0.05) is 0 Å². The molecule has 0 aromatic carbocycles. The molecule has 1 aromatic heterocycles. The van der Waals surface area contributed by atoms with Crippen molar-refractivity contribution in [1.82, 2.24) is 4.98 Å². The van der Waals surface area contributed by atoms with Gasteiger partial charge in [-0.1, -0.05) is 17.2 Å². The van der Waals surface area contributed by atoms with Crippen LogP contribution in [0.2, 0.25) is 0 Å². The molecule has 3 nitrogen and oxygen atoms in total. The Morgan fingerprint density at radius 1 is 1.60 bits per heavy atom. The average molecular weight is 153 g/mol. The van der Waals surface area contributed by atoms with Crippen molar-refractivity contribution in [3.05, 3.63) is 23.9 Å². The number of carboxylic acids is 1. The quantitative estimate of drug-likeness (QED) is 0.503. The van der Waals surface area contributed by atoms with Crippen molar-refractivity contribution in [3.63, 3.8) is 0 Å². The Bertz CT molecular complexity index is 262. The standard InChI is InChI=1S/C6H5NO2S/c8-6(9)4-2-1-3-5(10)7-4/h1-3H,(H,7,10)(H,8,9)/p-2. The predicted octanol–water partition coefficient (Wildman–Crippen LogP) is -0.649. The topological polar surface area (TPSA) is 53.0 Å². The monoisotopic (exact) mass is 153 g/mol. The van der Waals surface area contributed by atoms with Gasteiger partial charge >= 0.3 is 0 Å². The largest absolute Gasteiger partial charge is 0.760 e. The van der Waals surface area contributed by atoms with E-state index in [-0.39, 0.29) is 10.7 Å². The van der Waals surface area contributed by atoms with Crippen LogP contribution < -0.4 is 5.11 Å². The summed E-state index contributed by atoms with van der Waals surface area (Å²) in [6.45, 7) is 0. The van der Waals surface area contributed by atoms with Crippen LogP contribution in [0.3, 0.4) is 0 Å². The molecular weight excluding hydrogens is 150 g/mol. The third kappa shape index (κ3) is 1.41. The molecule has 4 heteroatoms. The predicted molar refractivity (Wildman–Crippen MR) is 34.2 cm³/mol. The summed E-state index contributed by atoms with van der Waals surface area (Å²) in [4.78, 5) is 13.7. The van der Waals surface area contributed by atoms with Gasteiger partial charge in [0.1, 0.15) is 0 Å². The number of aromatic carboxylic acids is 1. The highest BCUT2D eigenvalue weighted by atomic mass is 32.1. The van der Waals surface area contributed by atoms with Gasteiger partial charge in [0.05, 0.1) is 11.7 Å². The molecule has 0 bridgehead atoms. The number of aromatic nitrogens is 1. The summed E-state index contributed by atoms with van der Waals surface area (Å²) in [5.74, 6) is -1.30. The summed E-state index contributed by atoms with van der Waals surface area (Å²) in [5, 5.41) is 10.4. The van der Waals surface area contributed by atoms with Crippen molar-refractivity contribution < 1.29 is 9.90 Å². The minimum Gasteiger partial charge on any atom is -0.760 e. The lowest BCUT2D eigenvalue weighted by Gasteiger charge is -2.06. The van der Waals surface area contributed by atoms with E-state index in [9.17, 15) is 9.90 Å². The molecule has 1 rings (SSSR count). The van der Waals surface area contributed by atoms with E-state index in [1.165, 1.54) is 12.1 Å². The molecule has 0 aliphatic heterocycles. The maximum atomic E-state index is 10.1. The van der Waals surface area contributed by atoms with Gasteiger partial charge in [0.15, 0.2) is 0 Å². The summed E-state index contributed by atoms with van der Waals surface area (Å²) in [6, 6.07) is 4.41. The Kier molecular flexibility index (Phi) is 1.82. The van der Waals surface area contributed by atoms with Crippen molar-refractivity contribution in [2.45, 2.75) is 5.03 Å². The van der Waals surface area contributed by atoms with E-state index in [2.05, 4.69) is 17.6 Å². The first-order valence-electron chi connectivity index (χ1n) is 2.55. The Balaban J connectivity index is 3.07. The zero-order valence-corrected chi connectivity index (χ0v) is 5.72. The Hall–Kier alpha value is -1.16. The summed E-state index contributed by atoms with van der Waals surface area (Å²) in [6.07, 6.45) is 0. The van der Waals surface area contributed by atoms with Crippen molar-refractivity contribution in [3.8, 4) is 0 Å². The summed E-state index contributed by atoms with van der Waals surface area (Å²) < 4.78 is 0. The lowest BCUT2D eigenvalue weighted by atomic mass is 10.4. The lowest BCUT2D eigenvalue weighted by molar-refractivity contribution is -0.255. The normalized spacial score (nSPS) is 9.20. The van der Waals surface area contributed by atoms with Crippen LogP contribution in [0.4, 0.5) is 0 Å². The number of hydrogen-bond donors (Lipinski definition) is 0. The van der Waals surface area contributed by atoms with Crippen LogP contribution in [0, 0.1) is 0 Å². The van der Waals surface area contributed by atoms with Crippen LogP contribution in [0.1, 0.15) is 10.5 Å². The number of carbonyl (C=O) groups excluding carboxylic acids is 1. The summed E-state index contributed by atoms with van der Waals surface area (Å²) in [5.41, 5.74) is -0.118. The second kappa shape index (κ2) is 2.62. The van der Waals surface area contributed by atoms with Gasteiger partial charge in [-0.05, 0) is 6.07 Å². The third-order valence-electron chi connectivity index (χ3n) is 0.933. The number of pyridine rings is 1. The molecule has 0 fully saturated rings. The molecule has 0 amide bonds. The Labute approximate surface area is 63.1 Å². The minimum absolute atomic E-state index is 0.118.